The summed E-state index contributed by atoms with van der Waals surface area (Å²) in [6, 6.07) is 11.2. The predicted octanol–water partition coefficient (Wildman–Crippen LogP) is 4.71. The fourth-order valence-corrected chi connectivity index (χ4v) is 5.65. The second-order valence-corrected chi connectivity index (χ2v) is 10.1. The molecule has 0 N–H and O–H groups in total. The molecule has 11 heteroatoms. The van der Waals surface area contributed by atoms with Crippen molar-refractivity contribution in [2.45, 2.75) is 17.8 Å². The van der Waals surface area contributed by atoms with E-state index < -0.39 is 0 Å². The van der Waals surface area contributed by atoms with Gasteiger partial charge in [-0.3, -0.25) is 9.36 Å². The van der Waals surface area contributed by atoms with Crippen LogP contribution in [0.1, 0.15) is 22.4 Å². The maximum Gasteiger partial charge on any atom is 0.273 e. The average Bonchev–Trinajstić information content (AvgIpc) is 3.63. The van der Waals surface area contributed by atoms with E-state index >= 15 is 0 Å². The minimum absolute atomic E-state index is 0.00712. The number of nitrogens with zero attached hydrogens (tertiary/aromatic N) is 6. The van der Waals surface area contributed by atoms with Crippen LogP contribution in [0.3, 0.4) is 0 Å². The lowest BCUT2D eigenvalue weighted by Gasteiger charge is -2.33. The Kier molecular flexibility index (Phi) is 7.00. The highest BCUT2D eigenvalue weighted by Gasteiger charge is 2.24. The van der Waals surface area contributed by atoms with Gasteiger partial charge in [-0.2, -0.15) is 0 Å². The summed E-state index contributed by atoms with van der Waals surface area (Å²) >= 11 is 9.09. The summed E-state index contributed by atoms with van der Waals surface area (Å²) in [4.78, 5) is 21.7. The van der Waals surface area contributed by atoms with E-state index in [0.29, 0.717) is 33.2 Å². The number of piperazine rings is 1. The van der Waals surface area contributed by atoms with Crippen LogP contribution in [0.15, 0.2) is 57.6 Å². The van der Waals surface area contributed by atoms with E-state index in [9.17, 15) is 4.79 Å². The molecule has 4 heterocycles. The van der Waals surface area contributed by atoms with Crippen molar-refractivity contribution in [1.29, 1.82) is 0 Å². The number of thiazole rings is 1. The van der Waals surface area contributed by atoms with Crippen molar-refractivity contribution in [1.82, 2.24) is 29.5 Å². The largest absolute Gasteiger partial charge is 0.461 e. The van der Waals surface area contributed by atoms with Crippen molar-refractivity contribution in [3.8, 4) is 17.3 Å². The molecule has 5 rings (SSSR count). The first-order chi connectivity index (χ1) is 16.6. The van der Waals surface area contributed by atoms with Gasteiger partial charge in [0.25, 0.3) is 5.91 Å². The zero-order valence-corrected chi connectivity index (χ0v) is 20.9. The van der Waals surface area contributed by atoms with Crippen LogP contribution in [0.25, 0.3) is 17.3 Å². The monoisotopic (exact) mass is 514 g/mol. The molecule has 8 nitrogen and oxygen atoms in total. The summed E-state index contributed by atoms with van der Waals surface area (Å²) < 4.78 is 7.51. The number of benzene rings is 1. The Morgan fingerprint density at radius 2 is 1.94 bits per heavy atom. The van der Waals surface area contributed by atoms with Gasteiger partial charge in [0.2, 0.25) is 5.82 Å². The molecule has 0 bridgehead atoms. The number of furan rings is 1. The van der Waals surface area contributed by atoms with Gasteiger partial charge >= 0.3 is 0 Å². The smallest absolute Gasteiger partial charge is 0.273 e. The Hall–Kier alpha value is -2.66. The number of likely N-dealkylation sites (N-methyl/N-ethyl adjacent to an activating group) is 1. The molecule has 0 spiro atoms. The van der Waals surface area contributed by atoms with Gasteiger partial charge in [0.15, 0.2) is 10.9 Å². The lowest BCUT2D eigenvalue weighted by molar-refractivity contribution is 0.0638. The summed E-state index contributed by atoms with van der Waals surface area (Å²) in [5, 5.41) is 12.8. The highest BCUT2D eigenvalue weighted by atomic mass is 35.5. The molecule has 34 heavy (non-hydrogen) atoms. The Labute approximate surface area is 210 Å². The normalized spacial score (nSPS) is 14.6. The van der Waals surface area contributed by atoms with Gasteiger partial charge in [0.1, 0.15) is 10.7 Å². The average molecular weight is 515 g/mol. The van der Waals surface area contributed by atoms with Crippen molar-refractivity contribution < 1.29 is 9.21 Å². The first kappa shape index (κ1) is 23.1. The standard InChI is InChI=1S/C23H23ClN6O2S2/c1-2-28-9-11-29(12-10-28)22(31)18-14-33-20(25-18)15-34-23-27-26-21(19-4-3-13-32-19)30(23)17-7-5-16(24)6-8-17/h3-8,13-14H,2,9-12,15H2,1H3. The van der Waals surface area contributed by atoms with E-state index in [1.54, 1.807) is 6.26 Å². The van der Waals surface area contributed by atoms with E-state index in [2.05, 4.69) is 27.0 Å². The van der Waals surface area contributed by atoms with Gasteiger partial charge in [0, 0.05) is 42.3 Å². The number of carbonyl (C=O) groups is 1. The van der Waals surface area contributed by atoms with Crippen LogP contribution < -0.4 is 0 Å². The second-order valence-electron chi connectivity index (χ2n) is 7.74. The number of amides is 1. The first-order valence-electron chi connectivity index (χ1n) is 11.0. The topological polar surface area (TPSA) is 80.3 Å². The van der Waals surface area contributed by atoms with Crippen LogP contribution in [0.5, 0.6) is 0 Å². The summed E-state index contributed by atoms with van der Waals surface area (Å²) in [5.41, 5.74) is 1.39. The SMILES string of the molecule is CCN1CCN(C(=O)c2csc(CSc3nnc(-c4ccco4)n3-c3ccc(Cl)cc3)n2)CC1. The third kappa shape index (κ3) is 4.90. The number of rotatable bonds is 7. The molecule has 1 aromatic carbocycles. The third-order valence-electron chi connectivity index (χ3n) is 5.66. The van der Waals surface area contributed by atoms with Crippen LogP contribution >= 0.6 is 34.7 Å². The number of halogens is 1. The number of hydrogen-bond acceptors (Lipinski definition) is 8. The molecular formula is C23H23ClN6O2S2. The molecule has 1 aliphatic heterocycles. The molecule has 3 aromatic heterocycles. The van der Waals surface area contributed by atoms with Crippen LogP contribution in [0.4, 0.5) is 0 Å². The maximum atomic E-state index is 12.9. The van der Waals surface area contributed by atoms with E-state index in [0.717, 1.165) is 43.4 Å². The van der Waals surface area contributed by atoms with Gasteiger partial charge in [-0.15, -0.1) is 21.5 Å². The van der Waals surface area contributed by atoms with Gasteiger partial charge in [-0.25, -0.2) is 4.98 Å². The fraction of sp³-hybridized carbons (Fsp3) is 0.304. The van der Waals surface area contributed by atoms with Crippen LogP contribution in [-0.4, -0.2) is 68.2 Å². The number of hydrogen-bond donors (Lipinski definition) is 0. The Bertz CT molecular complexity index is 1250. The van der Waals surface area contributed by atoms with Crippen molar-refractivity contribution in [2.75, 3.05) is 32.7 Å². The first-order valence-corrected chi connectivity index (χ1v) is 13.2. The predicted molar refractivity (Wildman–Crippen MR) is 134 cm³/mol. The van der Waals surface area contributed by atoms with Gasteiger partial charge < -0.3 is 14.2 Å². The van der Waals surface area contributed by atoms with Crippen LogP contribution in [0.2, 0.25) is 5.02 Å². The molecule has 0 radical (unpaired) electrons. The van der Waals surface area contributed by atoms with E-state index in [1.165, 1.54) is 23.1 Å². The summed E-state index contributed by atoms with van der Waals surface area (Å²) in [5.74, 6) is 1.81. The molecule has 176 valence electrons. The fourth-order valence-electron chi connectivity index (χ4n) is 3.78. The Morgan fingerprint density at radius 3 is 2.65 bits per heavy atom. The summed E-state index contributed by atoms with van der Waals surface area (Å²) in [6.45, 7) is 6.47. The van der Waals surface area contributed by atoms with E-state index in [-0.39, 0.29) is 5.91 Å². The molecule has 0 aliphatic carbocycles. The maximum absolute atomic E-state index is 12.9. The molecule has 1 saturated heterocycles. The minimum Gasteiger partial charge on any atom is -0.461 e. The molecule has 0 unspecified atom stereocenters. The molecular weight excluding hydrogens is 492 g/mol. The quantitative estimate of drug-likeness (QED) is 0.330. The Morgan fingerprint density at radius 1 is 1.15 bits per heavy atom. The molecule has 1 amide bonds. The van der Waals surface area contributed by atoms with Crippen molar-refractivity contribution in [3.05, 3.63) is 63.8 Å². The summed E-state index contributed by atoms with van der Waals surface area (Å²) in [7, 11) is 0. The highest BCUT2D eigenvalue weighted by Crippen LogP contribution is 2.31. The van der Waals surface area contributed by atoms with Gasteiger partial charge in [0.05, 0.1) is 12.0 Å². The van der Waals surface area contributed by atoms with E-state index in [1.807, 2.05) is 51.2 Å². The van der Waals surface area contributed by atoms with Crippen molar-refractivity contribution >= 4 is 40.6 Å². The minimum atomic E-state index is 0.00712. The molecule has 0 saturated carbocycles. The number of aromatic nitrogens is 4. The second kappa shape index (κ2) is 10.3. The zero-order valence-electron chi connectivity index (χ0n) is 18.6. The molecule has 0 atom stereocenters. The van der Waals surface area contributed by atoms with Crippen LogP contribution in [0, 0.1) is 0 Å². The molecule has 4 aromatic rings. The number of thioether (sulfide) groups is 1. The third-order valence-corrected chi connectivity index (χ3v) is 7.89. The van der Waals surface area contributed by atoms with Gasteiger partial charge in [-0.1, -0.05) is 30.3 Å². The lowest BCUT2D eigenvalue weighted by Crippen LogP contribution is -2.48. The lowest BCUT2D eigenvalue weighted by atomic mass is 10.3. The van der Waals surface area contributed by atoms with E-state index in [4.69, 9.17) is 16.0 Å². The molecule has 1 aliphatic rings. The number of carbonyl (C=O) groups excluding carboxylic acids is 1. The Balaban J connectivity index is 1.32. The van der Waals surface area contributed by atoms with Crippen LogP contribution in [-0.2, 0) is 5.75 Å². The van der Waals surface area contributed by atoms with Crippen molar-refractivity contribution in [2.24, 2.45) is 0 Å². The van der Waals surface area contributed by atoms with Crippen molar-refractivity contribution in [3.63, 3.8) is 0 Å². The molecule has 1 fully saturated rings. The summed E-state index contributed by atoms with van der Waals surface area (Å²) in [6.07, 6.45) is 1.61. The zero-order chi connectivity index (χ0) is 23.5. The highest BCUT2D eigenvalue weighted by molar-refractivity contribution is 7.98. The van der Waals surface area contributed by atoms with Gasteiger partial charge in [-0.05, 0) is 42.9 Å².